The smallest absolute Gasteiger partial charge is 0.252 e. The second kappa shape index (κ2) is 7.19. The molecule has 2 N–H and O–H groups in total. The molecule has 0 aromatic carbocycles. The van der Waals surface area contributed by atoms with Crippen molar-refractivity contribution in [2.75, 3.05) is 26.3 Å². The van der Waals surface area contributed by atoms with E-state index < -0.39 is 36.0 Å². The Morgan fingerprint density at radius 2 is 1.11 bits per heavy atom. The van der Waals surface area contributed by atoms with Gasteiger partial charge in [-0.15, -0.1) is 0 Å². The summed E-state index contributed by atoms with van der Waals surface area (Å²) in [5, 5.41) is 5.62. The molecular formula is C18H28N2O8. The highest BCUT2D eigenvalue weighted by atomic mass is 16.8. The summed E-state index contributed by atoms with van der Waals surface area (Å²) in [7, 11) is 0. The van der Waals surface area contributed by atoms with Crippen LogP contribution >= 0.6 is 0 Å². The zero-order valence-corrected chi connectivity index (χ0v) is 16.6. The summed E-state index contributed by atoms with van der Waals surface area (Å²) in [6, 6.07) is 0. The molecule has 0 aromatic rings. The Morgan fingerprint density at radius 1 is 0.750 bits per heavy atom. The van der Waals surface area contributed by atoms with Crippen molar-refractivity contribution in [2.45, 2.75) is 75.9 Å². The van der Waals surface area contributed by atoms with Gasteiger partial charge < -0.3 is 39.1 Å². The maximum atomic E-state index is 12.7. The molecule has 158 valence electrons. The number of hydrogen-bond acceptors (Lipinski definition) is 8. The molecule has 4 unspecified atom stereocenters. The lowest BCUT2D eigenvalue weighted by atomic mass is 10.0. The van der Waals surface area contributed by atoms with Crippen molar-refractivity contribution in [3.05, 3.63) is 0 Å². The molecular weight excluding hydrogens is 372 g/mol. The van der Waals surface area contributed by atoms with Crippen LogP contribution in [-0.4, -0.2) is 86.3 Å². The van der Waals surface area contributed by atoms with Gasteiger partial charge in [0, 0.05) is 13.1 Å². The van der Waals surface area contributed by atoms with E-state index >= 15 is 0 Å². The molecule has 0 aliphatic carbocycles. The third-order valence-electron chi connectivity index (χ3n) is 4.91. The van der Waals surface area contributed by atoms with Gasteiger partial charge in [-0.05, 0) is 27.7 Å². The molecule has 4 fully saturated rings. The van der Waals surface area contributed by atoms with Gasteiger partial charge in [0.1, 0.15) is 12.2 Å². The van der Waals surface area contributed by atoms with Crippen LogP contribution < -0.4 is 10.6 Å². The molecule has 10 heteroatoms. The maximum Gasteiger partial charge on any atom is 0.252 e. The number of rotatable bonds is 7. The quantitative estimate of drug-likeness (QED) is 0.525. The molecule has 10 nitrogen and oxygen atoms in total. The average Bonchev–Trinajstić information content (AvgIpc) is 3.52. The number of carbonyl (C=O) groups is 2. The van der Waals surface area contributed by atoms with Gasteiger partial charge >= 0.3 is 0 Å². The van der Waals surface area contributed by atoms with Crippen molar-refractivity contribution in [1.82, 2.24) is 10.6 Å². The van der Waals surface area contributed by atoms with Gasteiger partial charge in [-0.2, -0.15) is 0 Å². The van der Waals surface area contributed by atoms with E-state index in [1.165, 1.54) is 0 Å². The second-order valence-corrected chi connectivity index (χ2v) is 8.44. The molecule has 0 radical (unpaired) electrons. The van der Waals surface area contributed by atoms with Gasteiger partial charge in [0.05, 0.1) is 25.4 Å². The van der Waals surface area contributed by atoms with Gasteiger partial charge in [0.25, 0.3) is 11.8 Å². The summed E-state index contributed by atoms with van der Waals surface area (Å²) in [6.07, 6.45) is -3.37. The predicted octanol–water partition coefficient (Wildman–Crippen LogP) is -0.943. The van der Waals surface area contributed by atoms with E-state index in [4.69, 9.17) is 28.4 Å². The summed E-state index contributed by atoms with van der Waals surface area (Å²) >= 11 is 0. The first-order chi connectivity index (χ1) is 13.1. The van der Waals surface area contributed by atoms with Crippen LogP contribution in [0.2, 0.25) is 0 Å². The molecule has 4 aliphatic rings. The lowest BCUT2D eigenvalue weighted by Crippen LogP contribution is -2.52. The van der Waals surface area contributed by atoms with Gasteiger partial charge in [-0.3, -0.25) is 9.59 Å². The molecule has 0 spiro atoms. The second-order valence-electron chi connectivity index (χ2n) is 8.44. The number of epoxide rings is 2. The molecule has 2 amide bonds. The van der Waals surface area contributed by atoms with E-state index in [0.29, 0.717) is 26.3 Å². The standard InChI is InChI=1S/C18H28N2O8/c1-17(2)25-11(13(27-17)15(21)19-5-9-7-23-9)12-14(28-18(3,4)26-12)16(22)20-6-10-8-24-10/h9-14H,5-8H2,1-4H3,(H,19,21)(H,20,22)/t9?,10?,11-,12?,13?,14-/m0/s1. The van der Waals surface area contributed by atoms with E-state index in [9.17, 15) is 9.59 Å². The Kier molecular flexibility index (Phi) is 5.13. The van der Waals surface area contributed by atoms with Crippen LogP contribution in [0.3, 0.4) is 0 Å². The minimum atomic E-state index is -0.998. The van der Waals surface area contributed by atoms with Gasteiger partial charge in [-0.25, -0.2) is 0 Å². The molecule has 4 saturated heterocycles. The summed E-state index contributed by atoms with van der Waals surface area (Å²) in [5.74, 6) is -2.65. The van der Waals surface area contributed by atoms with Crippen molar-refractivity contribution >= 4 is 11.8 Å². The number of nitrogens with one attached hydrogen (secondary N) is 2. The van der Waals surface area contributed by atoms with Crippen LogP contribution in [0.1, 0.15) is 27.7 Å². The van der Waals surface area contributed by atoms with E-state index in [0.717, 1.165) is 0 Å². The Labute approximate surface area is 163 Å². The van der Waals surface area contributed by atoms with E-state index in [1.54, 1.807) is 27.7 Å². The third kappa shape index (κ3) is 4.64. The van der Waals surface area contributed by atoms with Crippen molar-refractivity contribution in [2.24, 2.45) is 0 Å². The lowest BCUT2D eigenvalue weighted by Gasteiger charge is -2.25. The van der Waals surface area contributed by atoms with Gasteiger partial charge in [0.2, 0.25) is 0 Å². The molecule has 0 bridgehead atoms. The maximum absolute atomic E-state index is 12.7. The highest BCUT2D eigenvalue weighted by molar-refractivity contribution is 5.84. The van der Waals surface area contributed by atoms with Crippen LogP contribution in [0.25, 0.3) is 0 Å². The Bertz CT molecular complexity index is 577. The fourth-order valence-corrected chi connectivity index (χ4v) is 3.47. The molecule has 0 aromatic heterocycles. The third-order valence-corrected chi connectivity index (χ3v) is 4.91. The number of ether oxygens (including phenoxy) is 6. The van der Waals surface area contributed by atoms with Crippen LogP contribution in [0.4, 0.5) is 0 Å². The van der Waals surface area contributed by atoms with E-state index in [1.807, 2.05) is 0 Å². The Hall–Kier alpha value is -1.30. The van der Waals surface area contributed by atoms with E-state index in [-0.39, 0.29) is 24.0 Å². The first kappa shape index (κ1) is 20.0. The zero-order chi connectivity index (χ0) is 20.1. The van der Waals surface area contributed by atoms with Crippen LogP contribution in [-0.2, 0) is 38.0 Å². The minimum absolute atomic E-state index is 0.0471. The van der Waals surface area contributed by atoms with Gasteiger partial charge in [0.15, 0.2) is 23.8 Å². The highest BCUT2D eigenvalue weighted by Crippen LogP contribution is 2.38. The van der Waals surface area contributed by atoms with Crippen molar-refractivity contribution in [3.8, 4) is 0 Å². The topological polar surface area (TPSA) is 120 Å². The SMILES string of the molecule is CC1(C)OC(C(=O)NCC2CO2)[C@H](C2OC(C)(C)O[C@@H]2C(=O)NCC2CO2)O1. The van der Waals surface area contributed by atoms with Crippen LogP contribution in [0.15, 0.2) is 0 Å². The first-order valence-corrected chi connectivity index (χ1v) is 9.63. The highest BCUT2D eigenvalue weighted by Gasteiger charge is 2.57. The first-order valence-electron chi connectivity index (χ1n) is 9.63. The van der Waals surface area contributed by atoms with Crippen LogP contribution in [0, 0.1) is 0 Å². The van der Waals surface area contributed by atoms with E-state index in [2.05, 4.69) is 10.6 Å². The Balaban J connectivity index is 1.48. The van der Waals surface area contributed by atoms with Gasteiger partial charge in [-0.1, -0.05) is 0 Å². The molecule has 6 atom stereocenters. The van der Waals surface area contributed by atoms with Crippen molar-refractivity contribution in [1.29, 1.82) is 0 Å². The normalized spacial score (nSPS) is 40.1. The fourth-order valence-electron chi connectivity index (χ4n) is 3.47. The zero-order valence-electron chi connectivity index (χ0n) is 16.6. The summed E-state index contributed by atoms with van der Waals surface area (Å²) in [5.41, 5.74) is 0. The molecule has 4 heterocycles. The largest absolute Gasteiger partial charge is 0.371 e. The average molecular weight is 400 g/mol. The van der Waals surface area contributed by atoms with Crippen molar-refractivity contribution in [3.63, 3.8) is 0 Å². The number of hydrogen-bond donors (Lipinski definition) is 2. The monoisotopic (exact) mass is 400 g/mol. The molecule has 4 aliphatic heterocycles. The lowest BCUT2D eigenvalue weighted by molar-refractivity contribution is -0.175. The van der Waals surface area contributed by atoms with Crippen LogP contribution in [0.5, 0.6) is 0 Å². The summed E-state index contributed by atoms with van der Waals surface area (Å²) < 4.78 is 33.9. The molecule has 0 saturated carbocycles. The number of carbonyl (C=O) groups excluding carboxylic acids is 2. The fraction of sp³-hybridized carbons (Fsp3) is 0.889. The number of amides is 2. The molecule has 28 heavy (non-hydrogen) atoms. The molecule has 4 rings (SSSR count). The Morgan fingerprint density at radius 3 is 1.43 bits per heavy atom. The summed E-state index contributed by atoms with van der Waals surface area (Å²) in [6.45, 7) is 8.97. The van der Waals surface area contributed by atoms with Crippen molar-refractivity contribution < 1.29 is 38.0 Å². The predicted molar refractivity (Wildman–Crippen MR) is 93.1 cm³/mol. The summed E-state index contributed by atoms with van der Waals surface area (Å²) in [4.78, 5) is 25.4. The minimum Gasteiger partial charge on any atom is -0.371 e.